The summed E-state index contributed by atoms with van der Waals surface area (Å²) in [5, 5.41) is 0. The van der Waals surface area contributed by atoms with Crippen LogP contribution in [0.5, 0.6) is 0 Å². The highest BCUT2D eigenvalue weighted by atomic mass is 16.1. The molecular formula is C47H66O2. The molecule has 0 atom stereocenters. The number of carbonyl (C=O) groups excluding carboxylic acids is 2. The van der Waals surface area contributed by atoms with Crippen LogP contribution < -0.4 is 0 Å². The van der Waals surface area contributed by atoms with Crippen molar-refractivity contribution in [3.8, 4) is 0 Å². The van der Waals surface area contributed by atoms with Crippen molar-refractivity contribution in [2.75, 3.05) is 0 Å². The van der Waals surface area contributed by atoms with Crippen LogP contribution in [-0.4, -0.2) is 11.6 Å². The molecule has 1 aromatic carbocycles. The van der Waals surface area contributed by atoms with E-state index < -0.39 is 0 Å². The average molecular weight is 663 g/mol. The minimum Gasteiger partial charge on any atom is -0.289 e. The third-order valence-corrected chi connectivity index (χ3v) is 9.72. The number of allylic oxidation sites excluding steroid dienone is 16. The Bertz CT molecular complexity index is 1540. The second-order valence-corrected chi connectivity index (χ2v) is 14.8. The highest BCUT2D eigenvalue weighted by molar-refractivity contribution is 6.27. The van der Waals surface area contributed by atoms with Crippen LogP contribution in [0.4, 0.5) is 0 Å². The van der Waals surface area contributed by atoms with Crippen molar-refractivity contribution in [3.63, 3.8) is 0 Å². The highest BCUT2D eigenvalue weighted by Gasteiger charge is 2.30. The lowest BCUT2D eigenvalue weighted by Gasteiger charge is -2.20. The molecule has 0 saturated carbocycles. The Morgan fingerprint density at radius 3 is 1.24 bits per heavy atom. The normalized spacial score (nSPS) is 15.3. The summed E-state index contributed by atoms with van der Waals surface area (Å²) in [4.78, 5) is 26.1. The van der Waals surface area contributed by atoms with Crippen molar-refractivity contribution >= 4 is 11.6 Å². The molecule has 0 aromatic heterocycles. The lowest BCUT2D eigenvalue weighted by atomic mass is 9.81. The zero-order chi connectivity index (χ0) is 36.3. The summed E-state index contributed by atoms with van der Waals surface area (Å²) < 4.78 is 0. The molecule has 266 valence electrons. The van der Waals surface area contributed by atoms with Crippen LogP contribution in [0.15, 0.2) is 111 Å². The first-order valence-electron chi connectivity index (χ1n) is 18.8. The molecule has 0 unspecified atom stereocenters. The Balaban J connectivity index is 1.67. The number of Topliss-reactive ketones (excluding diaryl/α,β-unsaturated/α-hetero) is 2. The topological polar surface area (TPSA) is 34.1 Å². The largest absolute Gasteiger partial charge is 0.289 e. The van der Waals surface area contributed by atoms with Gasteiger partial charge in [0.05, 0.1) is 0 Å². The number of ketones is 2. The van der Waals surface area contributed by atoms with E-state index in [1.165, 1.54) is 51.9 Å². The number of hydrogen-bond acceptors (Lipinski definition) is 2. The molecule has 0 bridgehead atoms. The molecule has 0 N–H and O–H groups in total. The zero-order valence-corrected chi connectivity index (χ0v) is 32.8. The molecule has 1 aromatic rings. The maximum absolute atomic E-state index is 13.1. The van der Waals surface area contributed by atoms with Crippen molar-refractivity contribution in [2.24, 2.45) is 0 Å². The van der Waals surface area contributed by atoms with Crippen LogP contribution in [-0.2, 0) is 0 Å². The van der Waals surface area contributed by atoms with E-state index in [0.717, 1.165) is 69.8 Å². The van der Waals surface area contributed by atoms with Crippen molar-refractivity contribution in [1.82, 2.24) is 0 Å². The van der Waals surface area contributed by atoms with Gasteiger partial charge in [-0.1, -0.05) is 99.7 Å². The van der Waals surface area contributed by atoms with E-state index in [2.05, 4.69) is 97.9 Å². The number of carbonyl (C=O) groups is 2. The molecule has 0 spiro atoms. The van der Waals surface area contributed by atoms with Crippen molar-refractivity contribution in [2.45, 2.75) is 153 Å². The summed E-state index contributed by atoms with van der Waals surface area (Å²) in [7, 11) is 0. The van der Waals surface area contributed by atoms with Gasteiger partial charge < -0.3 is 0 Å². The van der Waals surface area contributed by atoms with Crippen LogP contribution in [0.25, 0.3) is 0 Å². The highest BCUT2D eigenvalue weighted by Crippen LogP contribution is 2.30. The van der Waals surface area contributed by atoms with E-state index >= 15 is 0 Å². The molecule has 0 radical (unpaired) electrons. The van der Waals surface area contributed by atoms with Gasteiger partial charge in [0, 0.05) is 22.3 Å². The Labute approximate surface area is 300 Å². The van der Waals surface area contributed by atoms with E-state index in [9.17, 15) is 9.59 Å². The minimum absolute atomic E-state index is 0.000815. The molecular weight excluding hydrogens is 597 g/mol. The fraction of sp³-hybridized carbons (Fsp3) is 0.489. The van der Waals surface area contributed by atoms with E-state index in [4.69, 9.17) is 0 Å². The van der Waals surface area contributed by atoms with E-state index in [-0.39, 0.29) is 11.6 Å². The quantitative estimate of drug-likeness (QED) is 0.130. The van der Waals surface area contributed by atoms with Crippen molar-refractivity contribution in [1.29, 1.82) is 0 Å². The summed E-state index contributed by atoms with van der Waals surface area (Å²) in [6, 6.07) is 5.55. The molecule has 1 aliphatic carbocycles. The minimum atomic E-state index is -0.00660. The summed E-state index contributed by atoms with van der Waals surface area (Å²) in [5.41, 5.74) is 13.3. The van der Waals surface area contributed by atoms with Gasteiger partial charge in [-0.25, -0.2) is 0 Å². The fourth-order valence-electron chi connectivity index (χ4n) is 6.27. The Morgan fingerprint density at radius 1 is 0.490 bits per heavy atom. The molecule has 0 aliphatic heterocycles. The Hall–Kier alpha value is -3.52. The molecule has 0 amide bonds. The molecule has 49 heavy (non-hydrogen) atoms. The molecule has 2 heteroatoms. The summed E-state index contributed by atoms with van der Waals surface area (Å²) in [6.07, 6.45) is 30.4. The second-order valence-electron chi connectivity index (χ2n) is 14.8. The first-order valence-corrected chi connectivity index (χ1v) is 18.8. The lowest BCUT2D eigenvalue weighted by Crippen LogP contribution is -2.21. The first kappa shape index (κ1) is 41.7. The van der Waals surface area contributed by atoms with Gasteiger partial charge in [0.2, 0.25) is 0 Å². The zero-order valence-electron chi connectivity index (χ0n) is 32.8. The maximum atomic E-state index is 13.1. The predicted molar refractivity (Wildman–Crippen MR) is 215 cm³/mol. The van der Waals surface area contributed by atoms with Gasteiger partial charge in [0.15, 0.2) is 11.6 Å². The number of rotatable bonds is 20. The van der Waals surface area contributed by atoms with Crippen LogP contribution in [0.2, 0.25) is 0 Å². The SMILES string of the molecule is CC(C)=CCCC(C)=CCCC(C)=CCCC(C)=CCCC(C)=CCCC(C)=CCCC(C)=CCC1=C(C)C(=O)c2c(C)cccc2C1=O. The van der Waals surface area contributed by atoms with Gasteiger partial charge >= 0.3 is 0 Å². The van der Waals surface area contributed by atoms with Gasteiger partial charge in [0.1, 0.15) is 0 Å². The molecule has 2 nitrogen and oxygen atoms in total. The van der Waals surface area contributed by atoms with E-state index in [1.54, 1.807) is 13.0 Å². The fourth-order valence-corrected chi connectivity index (χ4v) is 6.27. The average Bonchev–Trinajstić information content (AvgIpc) is 3.03. The maximum Gasteiger partial charge on any atom is 0.190 e. The van der Waals surface area contributed by atoms with Crippen LogP contribution in [0.3, 0.4) is 0 Å². The van der Waals surface area contributed by atoms with Gasteiger partial charge in [-0.2, -0.15) is 0 Å². The van der Waals surface area contributed by atoms with Gasteiger partial charge in [-0.15, -0.1) is 0 Å². The summed E-state index contributed by atoms with van der Waals surface area (Å²) >= 11 is 0. The van der Waals surface area contributed by atoms with Crippen molar-refractivity contribution < 1.29 is 9.59 Å². The molecule has 1 aliphatic rings. The van der Waals surface area contributed by atoms with E-state index in [0.29, 0.717) is 28.7 Å². The third-order valence-electron chi connectivity index (χ3n) is 9.72. The second kappa shape index (κ2) is 22.2. The molecule has 2 rings (SSSR count). The molecule has 0 fully saturated rings. The smallest absolute Gasteiger partial charge is 0.190 e. The monoisotopic (exact) mass is 663 g/mol. The first-order chi connectivity index (χ1) is 23.3. The number of fused-ring (bicyclic) bond motifs is 1. The summed E-state index contributed by atoms with van der Waals surface area (Å²) in [5.74, 6) is -0.00742. The van der Waals surface area contributed by atoms with Gasteiger partial charge in [-0.05, 0) is 158 Å². The van der Waals surface area contributed by atoms with Crippen LogP contribution >= 0.6 is 0 Å². The summed E-state index contributed by atoms with van der Waals surface area (Å²) in [6.45, 7) is 21.5. The standard InChI is InChI=1S/C47H66O2/c1-34(2)18-11-19-35(3)20-12-21-36(4)22-13-23-37(5)24-14-25-38(6)26-15-27-39(7)28-16-29-40(8)32-33-43-42(10)46(48)45-41(9)30-17-31-44(45)47(43)49/h17-18,20,22,24,26,28,30-32H,11-16,19,21,23,25,27,29,33H2,1-10H3. The lowest BCUT2D eigenvalue weighted by molar-refractivity contribution is 0.0972. The molecule has 0 saturated heterocycles. The van der Waals surface area contributed by atoms with Gasteiger partial charge in [0.25, 0.3) is 0 Å². The van der Waals surface area contributed by atoms with Gasteiger partial charge in [-0.3, -0.25) is 9.59 Å². The third kappa shape index (κ3) is 15.7. The number of hydrogen-bond donors (Lipinski definition) is 0. The Kier molecular flexibility index (Phi) is 18.9. The van der Waals surface area contributed by atoms with E-state index in [1.807, 2.05) is 19.1 Å². The number of aryl methyl sites for hydroxylation is 1. The molecule has 0 heterocycles. The van der Waals surface area contributed by atoms with Crippen molar-refractivity contribution in [3.05, 3.63) is 128 Å². The van der Waals surface area contributed by atoms with Crippen LogP contribution in [0.1, 0.15) is 172 Å². The Morgan fingerprint density at radius 2 is 0.857 bits per heavy atom. The number of benzene rings is 1. The van der Waals surface area contributed by atoms with Crippen LogP contribution in [0, 0.1) is 6.92 Å². The predicted octanol–water partition coefficient (Wildman–Crippen LogP) is 14.4.